The molecule has 0 amide bonds. The van der Waals surface area contributed by atoms with Gasteiger partial charge in [0.15, 0.2) is 0 Å². The van der Waals surface area contributed by atoms with Crippen molar-refractivity contribution in [1.82, 2.24) is 4.57 Å². The number of aromatic nitrogens is 1. The van der Waals surface area contributed by atoms with E-state index in [2.05, 4.69) is 23.7 Å². The third-order valence-corrected chi connectivity index (χ3v) is 3.15. The van der Waals surface area contributed by atoms with Crippen molar-refractivity contribution in [3.8, 4) is 0 Å². The molecule has 1 aromatic carbocycles. The number of nitrogens with two attached hydrogens (primary N) is 1. The number of nitrogens with zero attached hydrogens (tertiary/aromatic N) is 1. The second-order valence-corrected chi connectivity index (χ2v) is 4.18. The molecule has 0 spiro atoms. The van der Waals surface area contributed by atoms with E-state index in [1.807, 2.05) is 12.1 Å². The van der Waals surface area contributed by atoms with Gasteiger partial charge in [-0.2, -0.15) is 0 Å². The van der Waals surface area contributed by atoms with Gasteiger partial charge in [-0.3, -0.25) is 0 Å². The predicted molar refractivity (Wildman–Crippen MR) is 59.3 cm³/mol. The fraction of sp³-hybridized carbons (Fsp3) is 0.333. The number of anilines is 1. The molecule has 0 radical (unpaired) electrons. The molecule has 3 rings (SSSR count). The van der Waals surface area contributed by atoms with Crippen LogP contribution in [0.2, 0.25) is 0 Å². The van der Waals surface area contributed by atoms with Crippen LogP contribution in [-0.2, 0) is 7.05 Å². The molecule has 72 valence electrons. The van der Waals surface area contributed by atoms with Gasteiger partial charge in [0.2, 0.25) is 0 Å². The van der Waals surface area contributed by atoms with Crippen molar-refractivity contribution in [2.24, 2.45) is 7.05 Å². The molecular weight excluding hydrogens is 172 g/mol. The summed E-state index contributed by atoms with van der Waals surface area (Å²) >= 11 is 0. The first-order valence-electron chi connectivity index (χ1n) is 5.11. The SMILES string of the molecule is Cn1c(C2CC2)cc2c(N)cccc21. The molecule has 1 aliphatic carbocycles. The highest BCUT2D eigenvalue weighted by molar-refractivity contribution is 5.92. The van der Waals surface area contributed by atoms with Gasteiger partial charge >= 0.3 is 0 Å². The molecule has 0 saturated heterocycles. The van der Waals surface area contributed by atoms with Gasteiger partial charge in [0, 0.05) is 23.8 Å². The van der Waals surface area contributed by atoms with E-state index in [1.165, 1.54) is 29.4 Å². The molecule has 14 heavy (non-hydrogen) atoms. The third kappa shape index (κ3) is 0.969. The van der Waals surface area contributed by atoms with Crippen molar-refractivity contribution >= 4 is 16.6 Å². The zero-order chi connectivity index (χ0) is 9.71. The fourth-order valence-electron chi connectivity index (χ4n) is 2.17. The molecule has 1 aromatic heterocycles. The minimum atomic E-state index is 0.784. The van der Waals surface area contributed by atoms with Crippen molar-refractivity contribution in [3.05, 3.63) is 30.0 Å². The molecule has 2 nitrogen and oxygen atoms in total. The Hall–Kier alpha value is -1.44. The van der Waals surface area contributed by atoms with Gasteiger partial charge in [-0.1, -0.05) is 6.07 Å². The maximum absolute atomic E-state index is 5.95. The van der Waals surface area contributed by atoms with E-state index in [-0.39, 0.29) is 0 Å². The average molecular weight is 186 g/mol. The van der Waals surface area contributed by atoms with Gasteiger partial charge in [-0.25, -0.2) is 0 Å². The maximum Gasteiger partial charge on any atom is 0.0500 e. The summed E-state index contributed by atoms with van der Waals surface area (Å²) < 4.78 is 2.28. The van der Waals surface area contributed by atoms with Crippen molar-refractivity contribution in [3.63, 3.8) is 0 Å². The van der Waals surface area contributed by atoms with E-state index in [0.717, 1.165) is 11.6 Å². The lowest BCUT2D eigenvalue weighted by atomic mass is 10.2. The number of hydrogen-bond acceptors (Lipinski definition) is 1. The summed E-state index contributed by atoms with van der Waals surface area (Å²) in [6.07, 6.45) is 2.67. The van der Waals surface area contributed by atoms with Crippen LogP contribution in [0.15, 0.2) is 24.3 Å². The molecule has 1 fully saturated rings. The average Bonchev–Trinajstić information content (AvgIpc) is 2.94. The second kappa shape index (κ2) is 2.53. The Morgan fingerprint density at radius 3 is 2.79 bits per heavy atom. The van der Waals surface area contributed by atoms with Crippen LogP contribution in [-0.4, -0.2) is 4.57 Å². The third-order valence-electron chi connectivity index (χ3n) is 3.15. The highest BCUT2D eigenvalue weighted by Gasteiger charge is 2.26. The zero-order valence-corrected chi connectivity index (χ0v) is 8.33. The Morgan fingerprint density at radius 1 is 1.36 bits per heavy atom. The monoisotopic (exact) mass is 186 g/mol. The highest BCUT2D eigenvalue weighted by Crippen LogP contribution is 2.42. The quantitative estimate of drug-likeness (QED) is 0.682. The Balaban J connectivity index is 2.33. The van der Waals surface area contributed by atoms with Crippen LogP contribution >= 0.6 is 0 Å². The molecule has 0 unspecified atom stereocenters. The molecule has 2 N–H and O–H groups in total. The number of hydrogen-bond donors (Lipinski definition) is 1. The summed E-state index contributed by atoms with van der Waals surface area (Å²) in [7, 11) is 2.13. The number of fused-ring (bicyclic) bond motifs is 1. The van der Waals surface area contributed by atoms with Crippen LogP contribution in [0.1, 0.15) is 24.5 Å². The van der Waals surface area contributed by atoms with Crippen molar-refractivity contribution in [2.75, 3.05) is 5.73 Å². The van der Waals surface area contributed by atoms with E-state index >= 15 is 0 Å². The van der Waals surface area contributed by atoms with Crippen LogP contribution in [0.4, 0.5) is 5.69 Å². The Bertz CT molecular complexity index is 492. The fourth-order valence-corrected chi connectivity index (χ4v) is 2.17. The van der Waals surface area contributed by atoms with E-state index in [1.54, 1.807) is 0 Å². The first-order valence-corrected chi connectivity index (χ1v) is 5.11. The zero-order valence-electron chi connectivity index (χ0n) is 8.33. The Labute approximate surface area is 83.3 Å². The molecule has 1 saturated carbocycles. The summed E-state index contributed by atoms with van der Waals surface area (Å²) in [6.45, 7) is 0. The smallest absolute Gasteiger partial charge is 0.0500 e. The molecular formula is C12H14N2. The number of benzene rings is 1. The van der Waals surface area contributed by atoms with Crippen LogP contribution < -0.4 is 5.73 Å². The summed E-state index contributed by atoms with van der Waals surface area (Å²) in [5, 5.41) is 1.21. The van der Waals surface area contributed by atoms with Crippen LogP contribution in [0.25, 0.3) is 10.9 Å². The van der Waals surface area contributed by atoms with Crippen molar-refractivity contribution in [2.45, 2.75) is 18.8 Å². The van der Waals surface area contributed by atoms with Crippen LogP contribution in [0.3, 0.4) is 0 Å². The number of aryl methyl sites for hydroxylation is 1. The minimum Gasteiger partial charge on any atom is -0.398 e. The van der Waals surface area contributed by atoms with Crippen molar-refractivity contribution in [1.29, 1.82) is 0 Å². The minimum absolute atomic E-state index is 0.784. The normalized spacial score (nSPS) is 16.4. The van der Waals surface area contributed by atoms with E-state index in [4.69, 9.17) is 5.73 Å². The number of rotatable bonds is 1. The van der Waals surface area contributed by atoms with E-state index in [9.17, 15) is 0 Å². The van der Waals surface area contributed by atoms with Crippen LogP contribution in [0.5, 0.6) is 0 Å². The molecule has 0 bridgehead atoms. The van der Waals surface area contributed by atoms with Gasteiger partial charge in [-0.15, -0.1) is 0 Å². The topological polar surface area (TPSA) is 30.9 Å². The van der Waals surface area contributed by atoms with Gasteiger partial charge in [0.1, 0.15) is 0 Å². The van der Waals surface area contributed by atoms with Gasteiger partial charge in [0.05, 0.1) is 5.52 Å². The van der Waals surface area contributed by atoms with Crippen molar-refractivity contribution < 1.29 is 0 Å². The standard InChI is InChI=1S/C12H14N2/c1-14-11-4-2-3-10(13)9(11)7-12(14)8-5-6-8/h2-4,7-8H,5-6,13H2,1H3. The molecule has 0 atom stereocenters. The first-order chi connectivity index (χ1) is 6.77. The van der Waals surface area contributed by atoms with E-state index in [0.29, 0.717) is 0 Å². The molecule has 1 aliphatic rings. The van der Waals surface area contributed by atoms with Gasteiger partial charge in [0.25, 0.3) is 0 Å². The number of nitrogen functional groups attached to an aromatic ring is 1. The van der Waals surface area contributed by atoms with E-state index < -0.39 is 0 Å². The Morgan fingerprint density at radius 2 is 2.14 bits per heavy atom. The summed E-state index contributed by atoms with van der Waals surface area (Å²) in [6, 6.07) is 8.38. The summed E-state index contributed by atoms with van der Waals surface area (Å²) in [5.74, 6) is 0.784. The predicted octanol–water partition coefficient (Wildman–Crippen LogP) is 2.64. The lowest BCUT2D eigenvalue weighted by Crippen LogP contribution is -1.93. The maximum atomic E-state index is 5.95. The second-order valence-electron chi connectivity index (χ2n) is 4.18. The molecule has 0 aliphatic heterocycles. The van der Waals surface area contributed by atoms with Gasteiger partial charge < -0.3 is 10.3 Å². The molecule has 2 aromatic rings. The largest absolute Gasteiger partial charge is 0.398 e. The van der Waals surface area contributed by atoms with Crippen LogP contribution in [0, 0.1) is 0 Å². The highest BCUT2D eigenvalue weighted by atomic mass is 15.0. The van der Waals surface area contributed by atoms with Gasteiger partial charge in [-0.05, 0) is 37.0 Å². The lowest BCUT2D eigenvalue weighted by Gasteiger charge is -2.01. The summed E-state index contributed by atoms with van der Waals surface area (Å²) in [4.78, 5) is 0. The Kier molecular flexibility index (Phi) is 1.43. The lowest BCUT2D eigenvalue weighted by molar-refractivity contribution is 0.857. The summed E-state index contributed by atoms with van der Waals surface area (Å²) in [5.41, 5.74) is 9.54. The molecule has 1 heterocycles. The first kappa shape index (κ1) is 7.92. The molecule has 2 heteroatoms.